The van der Waals surface area contributed by atoms with E-state index in [9.17, 15) is 4.79 Å². The predicted molar refractivity (Wildman–Crippen MR) is 55.3 cm³/mol. The second-order valence-electron chi connectivity index (χ2n) is 3.42. The molecule has 1 unspecified atom stereocenters. The van der Waals surface area contributed by atoms with E-state index < -0.39 is 0 Å². The minimum atomic E-state index is 0.558. The van der Waals surface area contributed by atoms with E-state index in [1.165, 1.54) is 16.0 Å². The minimum Gasteiger partial charge on any atom is -0.303 e. The predicted octanol–water partition coefficient (Wildman–Crippen LogP) is 2.64. The fraction of sp³-hybridized carbons (Fsp3) is 0.364. The second kappa shape index (κ2) is 3.54. The van der Waals surface area contributed by atoms with Crippen LogP contribution in [0.4, 0.5) is 0 Å². The van der Waals surface area contributed by atoms with Gasteiger partial charge in [-0.2, -0.15) is 0 Å². The molecule has 0 spiro atoms. The lowest BCUT2D eigenvalue weighted by Crippen LogP contribution is -1.92. The topological polar surface area (TPSA) is 17.1 Å². The lowest BCUT2D eigenvalue weighted by Gasteiger charge is -2.05. The number of fused-ring (bicyclic) bond motifs is 1. The van der Waals surface area contributed by atoms with Crippen molar-refractivity contribution in [1.29, 1.82) is 0 Å². The summed E-state index contributed by atoms with van der Waals surface area (Å²) in [5.74, 6) is 1.80. The maximum absolute atomic E-state index is 10.4. The van der Waals surface area contributed by atoms with Gasteiger partial charge in [0.15, 0.2) is 0 Å². The van der Waals surface area contributed by atoms with Crippen molar-refractivity contribution in [3.05, 3.63) is 29.3 Å². The van der Waals surface area contributed by atoms with Gasteiger partial charge in [0.2, 0.25) is 0 Å². The van der Waals surface area contributed by atoms with Crippen molar-refractivity contribution >= 4 is 18.0 Å². The first-order chi connectivity index (χ1) is 6.33. The van der Waals surface area contributed by atoms with Crippen LogP contribution in [-0.4, -0.2) is 12.0 Å². The van der Waals surface area contributed by atoms with Crippen LogP contribution in [0.3, 0.4) is 0 Å². The third-order valence-electron chi connectivity index (χ3n) is 2.44. The van der Waals surface area contributed by atoms with Crippen LogP contribution >= 0.6 is 11.8 Å². The zero-order valence-corrected chi connectivity index (χ0v) is 8.43. The SMILES string of the molecule is CC1CSc2c(CC=O)cccc21. The van der Waals surface area contributed by atoms with Gasteiger partial charge in [0.25, 0.3) is 0 Å². The van der Waals surface area contributed by atoms with Crippen molar-refractivity contribution in [3.8, 4) is 0 Å². The standard InChI is InChI=1S/C11H12OS/c1-8-7-13-11-9(5-6-12)3-2-4-10(8)11/h2-4,6,8H,5,7H2,1H3. The number of hydrogen-bond donors (Lipinski definition) is 0. The number of carbonyl (C=O) groups is 1. The molecule has 0 radical (unpaired) electrons. The monoisotopic (exact) mass is 192 g/mol. The highest BCUT2D eigenvalue weighted by molar-refractivity contribution is 7.99. The highest BCUT2D eigenvalue weighted by Gasteiger charge is 2.20. The van der Waals surface area contributed by atoms with E-state index in [2.05, 4.69) is 25.1 Å². The minimum absolute atomic E-state index is 0.558. The smallest absolute Gasteiger partial charge is 0.124 e. The van der Waals surface area contributed by atoms with Crippen LogP contribution in [0.1, 0.15) is 24.0 Å². The third kappa shape index (κ3) is 1.51. The van der Waals surface area contributed by atoms with Crippen LogP contribution in [0.2, 0.25) is 0 Å². The van der Waals surface area contributed by atoms with E-state index in [-0.39, 0.29) is 0 Å². The van der Waals surface area contributed by atoms with Crippen LogP contribution < -0.4 is 0 Å². The summed E-state index contributed by atoms with van der Waals surface area (Å²) in [5.41, 5.74) is 2.62. The fourth-order valence-electron chi connectivity index (χ4n) is 1.72. The molecule has 0 saturated heterocycles. The summed E-state index contributed by atoms with van der Waals surface area (Å²) in [5, 5.41) is 0. The summed E-state index contributed by atoms with van der Waals surface area (Å²) in [6.45, 7) is 2.24. The van der Waals surface area contributed by atoms with E-state index in [1.807, 2.05) is 11.8 Å². The van der Waals surface area contributed by atoms with Crippen molar-refractivity contribution in [2.24, 2.45) is 0 Å². The number of aldehydes is 1. The molecule has 68 valence electrons. The Morgan fingerprint density at radius 1 is 1.62 bits per heavy atom. The molecule has 0 bridgehead atoms. The van der Waals surface area contributed by atoms with Gasteiger partial charge in [-0.25, -0.2) is 0 Å². The van der Waals surface area contributed by atoms with Crippen LogP contribution in [-0.2, 0) is 11.2 Å². The molecule has 1 nitrogen and oxygen atoms in total. The molecule has 1 atom stereocenters. The average Bonchev–Trinajstić information content (AvgIpc) is 2.50. The Morgan fingerprint density at radius 3 is 3.23 bits per heavy atom. The summed E-state index contributed by atoms with van der Waals surface area (Å²) in [7, 11) is 0. The number of benzene rings is 1. The van der Waals surface area contributed by atoms with Gasteiger partial charge in [0.05, 0.1) is 0 Å². The fourth-order valence-corrected chi connectivity index (χ4v) is 3.09. The van der Waals surface area contributed by atoms with Gasteiger partial charge in [-0.15, -0.1) is 11.8 Å². The zero-order chi connectivity index (χ0) is 9.26. The van der Waals surface area contributed by atoms with E-state index >= 15 is 0 Å². The van der Waals surface area contributed by atoms with E-state index in [0.717, 1.165) is 12.0 Å². The Bertz CT molecular complexity index is 333. The first-order valence-electron chi connectivity index (χ1n) is 4.51. The molecule has 0 aromatic heterocycles. The summed E-state index contributed by atoms with van der Waals surface area (Å²) in [4.78, 5) is 11.8. The average molecular weight is 192 g/mol. The molecule has 0 fully saturated rings. The molecule has 1 aliphatic rings. The maximum Gasteiger partial charge on any atom is 0.124 e. The first-order valence-corrected chi connectivity index (χ1v) is 5.49. The molecule has 13 heavy (non-hydrogen) atoms. The first kappa shape index (κ1) is 8.82. The number of carbonyl (C=O) groups excluding carboxylic acids is 1. The van der Waals surface area contributed by atoms with Crippen LogP contribution in [0, 0.1) is 0 Å². The summed E-state index contributed by atoms with van der Waals surface area (Å²) >= 11 is 1.88. The Hall–Kier alpha value is -0.760. The van der Waals surface area contributed by atoms with Crippen LogP contribution in [0.15, 0.2) is 23.1 Å². The van der Waals surface area contributed by atoms with Gasteiger partial charge in [0.1, 0.15) is 6.29 Å². The normalized spacial score (nSPS) is 19.9. The Morgan fingerprint density at radius 2 is 2.46 bits per heavy atom. The molecule has 2 rings (SSSR count). The molecular formula is C11H12OS. The van der Waals surface area contributed by atoms with Crippen molar-refractivity contribution < 1.29 is 4.79 Å². The van der Waals surface area contributed by atoms with E-state index in [4.69, 9.17) is 0 Å². The number of hydrogen-bond acceptors (Lipinski definition) is 2. The van der Waals surface area contributed by atoms with Crippen molar-refractivity contribution in [1.82, 2.24) is 0 Å². The van der Waals surface area contributed by atoms with Gasteiger partial charge in [-0.1, -0.05) is 25.1 Å². The molecule has 0 saturated carbocycles. The van der Waals surface area contributed by atoms with Crippen molar-refractivity contribution in [2.45, 2.75) is 24.2 Å². The maximum atomic E-state index is 10.4. The lowest BCUT2D eigenvalue weighted by molar-refractivity contribution is -0.107. The molecule has 2 heteroatoms. The number of thioether (sulfide) groups is 1. The van der Waals surface area contributed by atoms with Gasteiger partial charge in [0, 0.05) is 17.1 Å². The lowest BCUT2D eigenvalue weighted by atomic mass is 10.0. The van der Waals surface area contributed by atoms with Crippen molar-refractivity contribution in [2.75, 3.05) is 5.75 Å². The molecule has 1 aliphatic heterocycles. The molecule has 1 aromatic rings. The highest BCUT2D eigenvalue weighted by Crippen LogP contribution is 2.41. The largest absolute Gasteiger partial charge is 0.303 e. The van der Waals surface area contributed by atoms with E-state index in [1.54, 1.807) is 0 Å². The molecule has 1 aromatic carbocycles. The zero-order valence-electron chi connectivity index (χ0n) is 7.62. The van der Waals surface area contributed by atoms with Crippen LogP contribution in [0.25, 0.3) is 0 Å². The summed E-state index contributed by atoms with van der Waals surface area (Å²) in [6.07, 6.45) is 1.54. The third-order valence-corrected chi connectivity index (χ3v) is 3.89. The van der Waals surface area contributed by atoms with Crippen LogP contribution in [0.5, 0.6) is 0 Å². The Balaban J connectivity index is 2.44. The molecule has 0 amide bonds. The number of rotatable bonds is 2. The van der Waals surface area contributed by atoms with Crippen molar-refractivity contribution in [3.63, 3.8) is 0 Å². The van der Waals surface area contributed by atoms with Gasteiger partial charge in [-0.05, 0) is 17.0 Å². The second-order valence-corrected chi connectivity index (χ2v) is 4.45. The van der Waals surface area contributed by atoms with Gasteiger partial charge >= 0.3 is 0 Å². The molecule has 0 aliphatic carbocycles. The van der Waals surface area contributed by atoms with Gasteiger partial charge in [-0.3, -0.25) is 0 Å². The Kier molecular flexibility index (Phi) is 2.40. The molecule has 1 heterocycles. The summed E-state index contributed by atoms with van der Waals surface area (Å²) < 4.78 is 0. The quantitative estimate of drug-likeness (QED) is 0.670. The highest BCUT2D eigenvalue weighted by atomic mass is 32.2. The summed E-state index contributed by atoms with van der Waals surface area (Å²) in [6, 6.07) is 6.28. The Labute approximate surface area is 82.5 Å². The molecule has 0 N–H and O–H groups in total. The van der Waals surface area contributed by atoms with Gasteiger partial charge < -0.3 is 4.79 Å². The molecular weight excluding hydrogens is 180 g/mol. The van der Waals surface area contributed by atoms with E-state index in [0.29, 0.717) is 12.3 Å².